The first-order valence-corrected chi connectivity index (χ1v) is 45.8. The molecule has 28 nitrogen and oxygen atoms in total. The van der Waals surface area contributed by atoms with E-state index >= 15 is 0 Å². The minimum atomic E-state index is -4.26. The molecule has 0 aliphatic carbocycles. The van der Waals surface area contributed by atoms with Gasteiger partial charge in [-0.1, -0.05) is 30.3 Å². The average molecular weight is 2050 g/mol. The van der Waals surface area contributed by atoms with Gasteiger partial charge in [0.2, 0.25) is 0 Å². The van der Waals surface area contributed by atoms with E-state index in [0.29, 0.717) is 81.7 Å². The molecular weight excluding hydrogens is 1970 g/mol. The fourth-order valence-electron chi connectivity index (χ4n) is 12.2. The number of anilines is 2. The number of halogens is 9. The molecule has 3 N–H and O–H groups in total. The Morgan fingerprint density at radius 2 is 0.808 bits per heavy atom. The van der Waals surface area contributed by atoms with Gasteiger partial charge >= 0.3 is 12.2 Å². The third kappa shape index (κ3) is 22.3. The number of amides is 2. The van der Waals surface area contributed by atoms with Crippen LogP contribution in [0.5, 0.6) is 0 Å². The highest BCUT2D eigenvalue weighted by Gasteiger charge is 2.31. The van der Waals surface area contributed by atoms with Crippen LogP contribution in [-0.4, -0.2) is 146 Å². The van der Waals surface area contributed by atoms with Crippen molar-refractivity contribution in [1.29, 1.82) is 0 Å². The molecule has 5 aromatic carbocycles. The fourth-order valence-corrected chi connectivity index (χ4v) is 19.1. The predicted octanol–water partition coefficient (Wildman–Crippen LogP) is 18.5. The van der Waals surface area contributed by atoms with Gasteiger partial charge in [-0.25, -0.2) is 81.1 Å². The maximum atomic E-state index is 14.4. The van der Waals surface area contributed by atoms with Crippen molar-refractivity contribution in [3.05, 3.63) is 288 Å². The molecule has 125 heavy (non-hydrogen) atoms. The molecule has 15 aromatic rings. The third-order valence-electron chi connectivity index (χ3n) is 17.8. The number of hydrogen-bond donors (Lipinski definition) is 3. The first kappa shape index (κ1) is 94.2. The van der Waals surface area contributed by atoms with Crippen molar-refractivity contribution in [1.82, 2.24) is 60.9 Å². The topological polar surface area (TPSA) is 354 Å². The van der Waals surface area contributed by atoms with E-state index < -0.39 is 92.6 Å². The average Bonchev–Trinajstić information content (AvgIpc) is 1.63. The monoisotopic (exact) mass is 2040 g/mol. The van der Waals surface area contributed by atoms with Crippen LogP contribution in [0.15, 0.2) is 245 Å². The Bertz CT molecular complexity index is 7170. The number of carbonyl (C=O) groups excluding carboxylic acids is 4. The summed E-state index contributed by atoms with van der Waals surface area (Å²) >= 11 is 13.1. The molecular formula is C84H75Br4F5N14O14S4. The van der Waals surface area contributed by atoms with Crippen molar-refractivity contribution in [2.75, 3.05) is 26.5 Å². The van der Waals surface area contributed by atoms with Crippen LogP contribution in [0.3, 0.4) is 0 Å². The number of aromatic amines is 1. The van der Waals surface area contributed by atoms with Crippen LogP contribution in [0.1, 0.15) is 84.5 Å². The van der Waals surface area contributed by atoms with E-state index in [-0.39, 0.29) is 60.5 Å². The quantitative estimate of drug-likeness (QED) is 0.0530. The summed E-state index contributed by atoms with van der Waals surface area (Å²) in [5, 5.41) is 5.91. The molecule has 41 heteroatoms. The number of hydrogen-bond acceptors (Lipinski definition) is 21. The zero-order valence-electron chi connectivity index (χ0n) is 67.6. The summed E-state index contributed by atoms with van der Waals surface area (Å²) in [6.07, 6.45) is 15.0. The standard InChI is InChI=1S/C27H28F2N4O4S.C20H21BrFN3O4S.C15H13BrFN3O2S.C14H8BrFN2O3S.C8H5BrN2O/c1-17-9-10-23(22(29)11-17)31-20-13-24-25(30-14-20)18(15-32(5)26(34)37-27(2,3)4)16-33(24)38(35,36)21-8-6-7-19(28)12-21;1-20(2,3)29-19(26)24(4)11-13-12-25(17-8-14(21)10-23-18(13)17)30(27,28)16-7-5-6-15(22)9-16;1-18-7-10-9-20(14-5-11(16)8-19-15(10)14)23(21,22)13-4-2-3-12(17)6-13;15-10-4-13-14(17-6-10)9(8-19)7-18(13)22(20,21)12-3-1-2-11(16)5-12;9-6-1-7-8(11-3-6)5(4-12)2-10-7/h6-14,16,31H,15H2,1-5H3;5-10,12H,11H2,1-4H3;2-6,8-9,18H,7H2,1H3;1-8H;1-4,10H. The number of nitrogens with one attached hydrogen (secondary N) is 3. The van der Waals surface area contributed by atoms with Gasteiger partial charge in [-0.2, -0.15) is 0 Å². The van der Waals surface area contributed by atoms with Gasteiger partial charge in [0.25, 0.3) is 40.1 Å². The lowest BCUT2D eigenvalue weighted by atomic mass is 10.2. The molecule has 2 amide bonds. The first-order valence-electron chi connectivity index (χ1n) is 36.9. The van der Waals surface area contributed by atoms with E-state index in [0.717, 1.165) is 79.7 Å². The van der Waals surface area contributed by atoms with Crippen LogP contribution >= 0.6 is 63.7 Å². The van der Waals surface area contributed by atoms with Gasteiger partial charge in [0.15, 0.2) is 12.6 Å². The maximum absolute atomic E-state index is 14.4. The summed E-state index contributed by atoms with van der Waals surface area (Å²) in [6, 6.07) is 32.0. The highest BCUT2D eigenvalue weighted by molar-refractivity contribution is 9.11. The molecule has 0 bridgehead atoms. The lowest BCUT2D eigenvalue weighted by Crippen LogP contribution is -2.33. The number of fused-ring (bicyclic) bond motifs is 5. The van der Waals surface area contributed by atoms with Gasteiger partial charge in [0.1, 0.15) is 40.3 Å². The predicted molar refractivity (Wildman–Crippen MR) is 475 cm³/mol. The molecule has 0 saturated heterocycles. The summed E-state index contributed by atoms with van der Waals surface area (Å²) < 4.78 is 191. The summed E-state index contributed by atoms with van der Waals surface area (Å²) in [5.74, 6) is -3.10. The van der Waals surface area contributed by atoms with Gasteiger partial charge in [-0.3, -0.25) is 34.5 Å². The van der Waals surface area contributed by atoms with Crippen LogP contribution in [-0.2, 0) is 69.2 Å². The zero-order chi connectivity index (χ0) is 91.2. The van der Waals surface area contributed by atoms with E-state index in [2.05, 4.69) is 104 Å². The second kappa shape index (κ2) is 38.6. The van der Waals surface area contributed by atoms with E-state index in [1.54, 1.807) is 112 Å². The normalized spacial score (nSPS) is 11.8. The number of nitrogens with zero attached hydrogens (tertiary/aromatic N) is 11. The Kier molecular flexibility index (Phi) is 29.1. The Labute approximate surface area is 747 Å². The Hall–Kier alpha value is -11.4. The highest BCUT2D eigenvalue weighted by Crippen LogP contribution is 2.35. The number of ether oxygens (including phenoxy) is 2. The van der Waals surface area contributed by atoms with Crippen LogP contribution in [0, 0.1) is 36.0 Å². The van der Waals surface area contributed by atoms with Crippen molar-refractivity contribution in [3.63, 3.8) is 0 Å². The Balaban J connectivity index is 0.000000158. The Morgan fingerprint density at radius 3 is 1.19 bits per heavy atom. The molecule has 0 aliphatic rings. The summed E-state index contributed by atoms with van der Waals surface area (Å²) in [7, 11) is -11.5. The minimum absolute atomic E-state index is 0.0105. The molecule has 0 atom stereocenters. The number of aromatic nitrogens is 10. The highest BCUT2D eigenvalue weighted by atomic mass is 79.9. The molecule has 10 aromatic heterocycles. The Morgan fingerprint density at radius 1 is 0.456 bits per heavy atom. The number of rotatable bonds is 18. The number of H-pyrrole nitrogens is 1. The smallest absolute Gasteiger partial charge is 0.410 e. The zero-order valence-corrected chi connectivity index (χ0v) is 77.2. The van der Waals surface area contributed by atoms with Gasteiger partial charge in [-0.15, -0.1) is 0 Å². The number of carbonyl (C=O) groups is 4. The van der Waals surface area contributed by atoms with Crippen molar-refractivity contribution in [3.8, 4) is 0 Å². The van der Waals surface area contributed by atoms with Crippen LogP contribution in [0.4, 0.5) is 42.9 Å². The van der Waals surface area contributed by atoms with Crippen molar-refractivity contribution >= 4 is 195 Å². The largest absolute Gasteiger partial charge is 0.444 e. The third-order valence-corrected chi connectivity index (χ3v) is 26.2. The molecule has 0 radical (unpaired) electrons. The molecule has 0 aliphatic heterocycles. The van der Waals surface area contributed by atoms with Crippen molar-refractivity contribution in [2.24, 2.45) is 0 Å². The second-order valence-electron chi connectivity index (χ2n) is 29.6. The van der Waals surface area contributed by atoms with E-state index in [4.69, 9.17) is 9.47 Å². The number of benzene rings is 5. The van der Waals surface area contributed by atoms with E-state index in [9.17, 15) is 74.8 Å². The minimum Gasteiger partial charge on any atom is -0.444 e. The number of pyridine rings is 5. The van der Waals surface area contributed by atoms with Gasteiger partial charge in [0, 0.05) is 111 Å². The summed E-state index contributed by atoms with van der Waals surface area (Å²) in [5.41, 5.74) is 6.58. The lowest BCUT2D eigenvalue weighted by molar-refractivity contribution is 0.0275. The molecule has 0 unspecified atom stereocenters. The summed E-state index contributed by atoms with van der Waals surface area (Å²) in [6.45, 7) is 12.8. The number of aryl methyl sites for hydroxylation is 1. The SMILES string of the molecule is CN(Cc1cn(S(=O)(=O)c2cccc(F)c2)c2cc(Br)cnc12)C(=O)OC(C)(C)C.CNCc1cn(S(=O)(=O)c2cccc(F)c2)c2cc(Br)cnc12.Cc1ccc(Nc2cnc3c(CN(C)C(=O)OC(C)(C)C)cn(S(=O)(=O)c4cccc(F)c4)c3c2)c(F)c1.O=Cc1c[nH]c2cc(Br)cnc12.O=Cc1cn(S(=O)(=O)c2cccc(F)c2)c2cc(Br)cnc12. The molecule has 0 spiro atoms. The van der Waals surface area contributed by atoms with Crippen molar-refractivity contribution < 1.29 is 84.3 Å². The van der Waals surface area contributed by atoms with E-state index in [1.807, 2.05) is 6.07 Å². The molecule has 0 fully saturated rings. The number of aldehydes is 2. The van der Waals surface area contributed by atoms with Crippen LogP contribution < -0.4 is 10.6 Å². The molecule has 0 saturated carbocycles. The van der Waals surface area contributed by atoms with Gasteiger partial charge in [-0.05, 0) is 240 Å². The molecule has 652 valence electrons. The van der Waals surface area contributed by atoms with E-state index in [1.165, 1.54) is 133 Å². The molecule has 10 heterocycles. The second-order valence-corrected chi connectivity index (χ2v) is 40.5. The maximum Gasteiger partial charge on any atom is 0.410 e. The fraction of sp³-hybridized carbons (Fsp3) is 0.179. The molecule has 15 rings (SSSR count). The van der Waals surface area contributed by atoms with Crippen LogP contribution in [0.2, 0.25) is 0 Å². The van der Waals surface area contributed by atoms with Crippen molar-refractivity contribution in [2.45, 2.75) is 98.9 Å². The van der Waals surface area contributed by atoms with Crippen LogP contribution in [0.25, 0.3) is 55.2 Å². The van der Waals surface area contributed by atoms with Gasteiger partial charge in [0.05, 0.1) is 117 Å². The lowest BCUT2D eigenvalue weighted by Gasteiger charge is -2.24. The first-order chi connectivity index (χ1) is 58.8. The summed E-state index contributed by atoms with van der Waals surface area (Å²) in [4.78, 5) is 72.5. The van der Waals surface area contributed by atoms with Gasteiger partial charge < -0.3 is 34.9 Å².